The lowest BCUT2D eigenvalue weighted by molar-refractivity contribution is -0.147. The molecular weight excluding hydrogens is 436 g/mol. The summed E-state index contributed by atoms with van der Waals surface area (Å²) in [6.07, 6.45) is 2.49. The number of rotatable bonds is 12. The fourth-order valence-electron chi connectivity index (χ4n) is 4.13. The maximum atomic E-state index is 11.7. The summed E-state index contributed by atoms with van der Waals surface area (Å²) in [4.78, 5) is 13.9. The van der Waals surface area contributed by atoms with Crippen LogP contribution in [0.25, 0.3) is 0 Å². The maximum absolute atomic E-state index is 11.7. The van der Waals surface area contributed by atoms with Crippen LogP contribution in [-0.2, 0) is 34.6 Å². The quantitative estimate of drug-likeness (QED) is 0.349. The lowest BCUT2D eigenvalue weighted by Crippen LogP contribution is -2.35. The predicted molar refractivity (Wildman–Crippen MR) is 141 cm³/mol. The third-order valence-corrected chi connectivity index (χ3v) is 6.09. The van der Waals surface area contributed by atoms with Gasteiger partial charge in [-0.2, -0.15) is 0 Å². The molecule has 0 spiro atoms. The number of hydrogen-bond acceptors (Lipinski definition) is 4. The molecule has 0 saturated carbocycles. The zero-order chi connectivity index (χ0) is 25.3. The van der Waals surface area contributed by atoms with E-state index in [0.29, 0.717) is 26.1 Å². The van der Waals surface area contributed by atoms with Crippen molar-refractivity contribution in [3.8, 4) is 0 Å². The normalized spacial score (nSPS) is 12.6. The molecule has 5 nitrogen and oxygen atoms in total. The average molecular weight is 477 g/mol. The molecule has 0 amide bonds. The largest absolute Gasteiger partial charge is 0.463 e. The average Bonchev–Trinajstić information content (AvgIpc) is 3.24. The monoisotopic (exact) mass is 476 g/mol. The highest BCUT2D eigenvalue weighted by atomic mass is 16.5. The third kappa shape index (κ3) is 8.68. The summed E-state index contributed by atoms with van der Waals surface area (Å²) in [5.41, 5.74) is 5.08. The van der Waals surface area contributed by atoms with Gasteiger partial charge in [-0.1, -0.05) is 82.3 Å². The summed E-state index contributed by atoms with van der Waals surface area (Å²) >= 11 is 0. The van der Waals surface area contributed by atoms with E-state index in [9.17, 15) is 9.90 Å². The van der Waals surface area contributed by atoms with Gasteiger partial charge < -0.3 is 14.4 Å². The van der Waals surface area contributed by atoms with Gasteiger partial charge in [0.05, 0.1) is 0 Å². The number of ether oxygens (including phenoxy) is 1. The molecule has 0 saturated heterocycles. The molecule has 1 atom stereocenters. The highest BCUT2D eigenvalue weighted by Crippen LogP contribution is 2.23. The smallest absolute Gasteiger partial charge is 0.305 e. The highest BCUT2D eigenvalue weighted by molar-refractivity contribution is 5.69. The summed E-state index contributed by atoms with van der Waals surface area (Å²) in [7, 11) is 0. The van der Waals surface area contributed by atoms with E-state index < -0.39 is 6.10 Å². The Labute approximate surface area is 210 Å². The number of aliphatic hydroxyl groups excluding tert-OH is 1. The molecule has 3 rings (SSSR count). The molecule has 0 fully saturated rings. The summed E-state index contributed by atoms with van der Waals surface area (Å²) in [5.74, 6) is -0.257. The SMILES string of the molecule is CCCC(=O)OCC(O)CN(Cc1ccccc1)Cc1cccn1Cc1ccc(C(C)(C)C)cc1. The number of esters is 1. The van der Waals surface area contributed by atoms with Crippen LogP contribution in [0.15, 0.2) is 72.9 Å². The van der Waals surface area contributed by atoms with Crippen molar-refractivity contribution in [1.82, 2.24) is 9.47 Å². The van der Waals surface area contributed by atoms with E-state index in [1.165, 1.54) is 22.4 Å². The Kier molecular flexibility index (Phi) is 9.70. The molecule has 0 aliphatic rings. The first-order valence-corrected chi connectivity index (χ1v) is 12.6. The van der Waals surface area contributed by atoms with Crippen molar-refractivity contribution < 1.29 is 14.6 Å². The minimum Gasteiger partial charge on any atom is -0.463 e. The second kappa shape index (κ2) is 12.7. The summed E-state index contributed by atoms with van der Waals surface area (Å²) in [6, 6.07) is 23.3. The number of carbonyl (C=O) groups is 1. The lowest BCUT2D eigenvalue weighted by atomic mass is 9.87. The van der Waals surface area contributed by atoms with Crippen LogP contribution in [0.3, 0.4) is 0 Å². The van der Waals surface area contributed by atoms with Crippen molar-refractivity contribution in [2.45, 2.75) is 71.7 Å². The van der Waals surface area contributed by atoms with Gasteiger partial charge in [0.1, 0.15) is 12.7 Å². The fraction of sp³-hybridized carbons (Fsp3) is 0.433. The van der Waals surface area contributed by atoms with Crippen LogP contribution in [0.2, 0.25) is 0 Å². The van der Waals surface area contributed by atoms with Gasteiger partial charge in [0.25, 0.3) is 0 Å². The van der Waals surface area contributed by atoms with Crippen LogP contribution in [0, 0.1) is 0 Å². The van der Waals surface area contributed by atoms with E-state index in [0.717, 1.165) is 13.0 Å². The Morgan fingerprint density at radius 3 is 2.34 bits per heavy atom. The number of carbonyl (C=O) groups excluding carboxylic acids is 1. The molecular formula is C30H40N2O3. The zero-order valence-electron chi connectivity index (χ0n) is 21.6. The molecule has 1 aromatic heterocycles. The minimum absolute atomic E-state index is 0.0191. The van der Waals surface area contributed by atoms with E-state index in [1.54, 1.807) is 0 Å². The summed E-state index contributed by atoms with van der Waals surface area (Å²) in [5, 5.41) is 10.6. The van der Waals surface area contributed by atoms with Crippen LogP contribution in [0.5, 0.6) is 0 Å². The van der Waals surface area contributed by atoms with Crippen LogP contribution in [0.4, 0.5) is 0 Å². The molecule has 0 radical (unpaired) electrons. The first kappa shape index (κ1) is 26.7. The van der Waals surface area contributed by atoms with Crippen molar-refractivity contribution in [1.29, 1.82) is 0 Å². The van der Waals surface area contributed by atoms with Gasteiger partial charge in [-0.15, -0.1) is 0 Å². The minimum atomic E-state index is -0.743. The van der Waals surface area contributed by atoms with Crippen LogP contribution in [0.1, 0.15) is 62.9 Å². The van der Waals surface area contributed by atoms with Crippen molar-refractivity contribution in [3.63, 3.8) is 0 Å². The first-order valence-electron chi connectivity index (χ1n) is 12.6. The number of benzene rings is 2. The van der Waals surface area contributed by atoms with Gasteiger partial charge in [-0.3, -0.25) is 9.69 Å². The van der Waals surface area contributed by atoms with E-state index in [1.807, 2.05) is 25.1 Å². The van der Waals surface area contributed by atoms with Crippen LogP contribution < -0.4 is 0 Å². The van der Waals surface area contributed by atoms with E-state index in [2.05, 4.69) is 85.0 Å². The lowest BCUT2D eigenvalue weighted by Gasteiger charge is -2.26. The van der Waals surface area contributed by atoms with Gasteiger partial charge >= 0.3 is 5.97 Å². The standard InChI is InChI=1S/C30H40N2O3/c1-5-10-29(34)35-23-28(33)22-31(19-24-11-7-6-8-12-24)21-27-13-9-18-32(27)20-25-14-16-26(17-15-25)30(2,3)4/h6-9,11-18,28,33H,5,10,19-23H2,1-4H3. The number of aromatic nitrogens is 1. The predicted octanol–water partition coefficient (Wildman–Crippen LogP) is 5.54. The number of nitrogens with zero attached hydrogens (tertiary/aromatic N) is 2. The van der Waals surface area contributed by atoms with Crippen molar-refractivity contribution >= 4 is 5.97 Å². The van der Waals surface area contributed by atoms with Crippen molar-refractivity contribution in [3.05, 3.63) is 95.3 Å². The van der Waals surface area contributed by atoms with Gasteiger partial charge in [-0.25, -0.2) is 0 Å². The van der Waals surface area contributed by atoms with Gasteiger partial charge in [0.15, 0.2) is 0 Å². The van der Waals surface area contributed by atoms with Crippen LogP contribution in [-0.4, -0.2) is 39.8 Å². The Bertz CT molecular complexity index is 1040. The number of aliphatic hydroxyl groups is 1. The molecule has 3 aromatic rings. The molecule has 35 heavy (non-hydrogen) atoms. The fourth-order valence-corrected chi connectivity index (χ4v) is 4.13. The highest BCUT2D eigenvalue weighted by Gasteiger charge is 2.17. The summed E-state index contributed by atoms with van der Waals surface area (Å²) < 4.78 is 7.51. The Morgan fingerprint density at radius 2 is 1.69 bits per heavy atom. The van der Waals surface area contributed by atoms with Crippen molar-refractivity contribution in [2.75, 3.05) is 13.2 Å². The molecule has 1 N–H and O–H groups in total. The molecule has 2 aromatic carbocycles. The van der Waals surface area contributed by atoms with E-state index in [-0.39, 0.29) is 18.0 Å². The van der Waals surface area contributed by atoms with Crippen molar-refractivity contribution in [2.24, 2.45) is 0 Å². The molecule has 188 valence electrons. The summed E-state index contributed by atoms with van der Waals surface area (Å²) in [6.45, 7) is 11.2. The van der Waals surface area contributed by atoms with Gasteiger partial charge in [0.2, 0.25) is 0 Å². The third-order valence-electron chi connectivity index (χ3n) is 6.09. The molecule has 1 heterocycles. The topological polar surface area (TPSA) is 54.7 Å². The van der Waals surface area contributed by atoms with E-state index >= 15 is 0 Å². The Balaban J connectivity index is 1.69. The molecule has 0 bridgehead atoms. The zero-order valence-corrected chi connectivity index (χ0v) is 21.6. The Hall–Kier alpha value is -2.89. The maximum Gasteiger partial charge on any atom is 0.305 e. The molecule has 0 aliphatic heterocycles. The first-order chi connectivity index (χ1) is 16.7. The van der Waals surface area contributed by atoms with Gasteiger partial charge in [-0.05, 0) is 40.7 Å². The molecule has 5 heteroatoms. The Morgan fingerprint density at radius 1 is 0.971 bits per heavy atom. The second-order valence-corrected chi connectivity index (χ2v) is 10.3. The number of hydrogen-bond donors (Lipinski definition) is 1. The molecule has 1 unspecified atom stereocenters. The second-order valence-electron chi connectivity index (χ2n) is 10.3. The van der Waals surface area contributed by atoms with Gasteiger partial charge in [0, 0.05) is 44.5 Å². The van der Waals surface area contributed by atoms with Crippen LogP contribution >= 0.6 is 0 Å². The molecule has 0 aliphatic carbocycles. The van der Waals surface area contributed by atoms with E-state index in [4.69, 9.17) is 4.74 Å².